The second kappa shape index (κ2) is 4.78. The van der Waals surface area contributed by atoms with Crippen LogP contribution in [0.1, 0.15) is 16.1 Å². The molecule has 1 aliphatic rings. The third-order valence-electron chi connectivity index (χ3n) is 2.63. The van der Waals surface area contributed by atoms with Crippen molar-refractivity contribution in [3.05, 3.63) is 29.3 Å². The Hall–Kier alpha value is -1.88. The zero-order valence-electron chi connectivity index (χ0n) is 9.59. The zero-order chi connectivity index (χ0) is 12.4. The quantitative estimate of drug-likeness (QED) is 0.780. The third-order valence-corrected chi connectivity index (χ3v) is 3.61. The van der Waals surface area contributed by atoms with Crippen LogP contribution in [0.3, 0.4) is 0 Å². The number of carbonyl (C=O) groups is 1. The van der Waals surface area contributed by atoms with Gasteiger partial charge in [-0.2, -0.15) is 0 Å². The predicted molar refractivity (Wildman–Crippen MR) is 68.5 cm³/mol. The van der Waals surface area contributed by atoms with Gasteiger partial charge in [0.1, 0.15) is 5.01 Å². The first-order valence-corrected chi connectivity index (χ1v) is 6.49. The fraction of sp³-hybridized carbons (Fsp3) is 0.231. The van der Waals surface area contributed by atoms with Gasteiger partial charge in [0, 0.05) is 18.2 Å². The van der Waals surface area contributed by atoms with Crippen molar-refractivity contribution in [2.24, 2.45) is 0 Å². The lowest BCUT2D eigenvalue weighted by molar-refractivity contribution is 0.112. The molecule has 0 radical (unpaired) electrons. The summed E-state index contributed by atoms with van der Waals surface area (Å²) < 4.78 is 11.2. The van der Waals surface area contributed by atoms with Crippen LogP contribution in [0.15, 0.2) is 24.4 Å². The van der Waals surface area contributed by atoms with E-state index in [9.17, 15) is 4.79 Å². The minimum absolute atomic E-state index is 0.622. The van der Waals surface area contributed by atoms with Gasteiger partial charge in [-0.15, -0.1) is 11.3 Å². The van der Waals surface area contributed by atoms with E-state index in [4.69, 9.17) is 9.47 Å². The van der Waals surface area contributed by atoms with Crippen LogP contribution in [0.4, 0.5) is 0 Å². The van der Waals surface area contributed by atoms with E-state index < -0.39 is 0 Å². The molecule has 0 unspecified atom stereocenters. The zero-order valence-corrected chi connectivity index (χ0v) is 10.4. The summed E-state index contributed by atoms with van der Waals surface area (Å²) in [4.78, 5) is 15.5. The molecule has 0 atom stereocenters. The van der Waals surface area contributed by atoms with Gasteiger partial charge in [-0.3, -0.25) is 4.79 Å². The summed E-state index contributed by atoms with van der Waals surface area (Å²) in [6.45, 7) is 1.34. The third kappa shape index (κ3) is 2.09. The number of aromatic nitrogens is 1. The van der Waals surface area contributed by atoms with Crippen LogP contribution in [-0.2, 0) is 0 Å². The van der Waals surface area contributed by atoms with Crippen LogP contribution in [0.2, 0.25) is 0 Å². The van der Waals surface area contributed by atoms with Crippen molar-refractivity contribution in [3.63, 3.8) is 0 Å². The predicted octanol–water partition coefficient (Wildman–Crippen LogP) is 2.78. The van der Waals surface area contributed by atoms with Crippen molar-refractivity contribution in [2.45, 2.75) is 6.42 Å². The number of carbonyl (C=O) groups excluding carboxylic acids is 1. The summed E-state index contributed by atoms with van der Waals surface area (Å²) in [5.41, 5.74) is 0.942. The maximum absolute atomic E-state index is 10.7. The van der Waals surface area contributed by atoms with Gasteiger partial charge in [0.2, 0.25) is 0 Å². The number of ether oxygens (including phenoxy) is 2. The Kier molecular flexibility index (Phi) is 2.98. The molecular weight excluding hydrogens is 250 g/mol. The molecule has 0 bridgehead atoms. The van der Waals surface area contributed by atoms with Crippen LogP contribution in [0.25, 0.3) is 10.6 Å². The van der Waals surface area contributed by atoms with Crippen molar-refractivity contribution in [1.82, 2.24) is 4.98 Å². The standard InChI is InChI=1S/C13H11NO3S/c15-8-10-7-14-13(18-10)9-2-3-11-12(6-9)17-5-1-4-16-11/h2-3,6-8H,1,4-5H2. The second-order valence-corrected chi connectivity index (χ2v) is 4.96. The molecule has 4 nitrogen and oxygen atoms in total. The van der Waals surface area contributed by atoms with E-state index in [1.165, 1.54) is 11.3 Å². The maximum atomic E-state index is 10.7. The molecule has 1 aliphatic heterocycles. The Balaban J connectivity index is 1.98. The van der Waals surface area contributed by atoms with Gasteiger partial charge in [-0.1, -0.05) is 0 Å². The molecule has 1 aromatic carbocycles. The number of hydrogen-bond acceptors (Lipinski definition) is 5. The summed E-state index contributed by atoms with van der Waals surface area (Å²) in [5.74, 6) is 1.51. The minimum Gasteiger partial charge on any atom is -0.490 e. The van der Waals surface area contributed by atoms with Gasteiger partial charge in [-0.25, -0.2) is 4.98 Å². The summed E-state index contributed by atoms with van der Waals surface area (Å²) in [6.07, 6.45) is 3.27. The fourth-order valence-corrected chi connectivity index (χ4v) is 2.50. The van der Waals surface area contributed by atoms with E-state index in [2.05, 4.69) is 4.98 Å². The van der Waals surface area contributed by atoms with E-state index in [0.29, 0.717) is 18.1 Å². The lowest BCUT2D eigenvalue weighted by atomic mass is 10.2. The van der Waals surface area contributed by atoms with Gasteiger partial charge >= 0.3 is 0 Å². The molecule has 2 heterocycles. The van der Waals surface area contributed by atoms with Crippen LogP contribution in [0.5, 0.6) is 11.5 Å². The molecule has 5 heteroatoms. The van der Waals surface area contributed by atoms with Crippen molar-refractivity contribution < 1.29 is 14.3 Å². The van der Waals surface area contributed by atoms with Gasteiger partial charge in [0.15, 0.2) is 17.8 Å². The largest absolute Gasteiger partial charge is 0.490 e. The molecule has 0 amide bonds. The monoisotopic (exact) mass is 261 g/mol. The second-order valence-electron chi connectivity index (χ2n) is 3.90. The normalized spacial score (nSPS) is 14.0. The first-order chi connectivity index (χ1) is 8.86. The average Bonchev–Trinajstić information content (AvgIpc) is 2.76. The summed E-state index contributed by atoms with van der Waals surface area (Å²) in [6, 6.07) is 5.73. The van der Waals surface area contributed by atoms with Crippen LogP contribution in [-0.4, -0.2) is 24.5 Å². The van der Waals surface area contributed by atoms with Gasteiger partial charge in [0.25, 0.3) is 0 Å². The highest BCUT2D eigenvalue weighted by Crippen LogP contribution is 2.35. The molecule has 0 aliphatic carbocycles. The van der Waals surface area contributed by atoms with Gasteiger partial charge < -0.3 is 9.47 Å². The lowest BCUT2D eigenvalue weighted by Gasteiger charge is -2.07. The minimum atomic E-state index is 0.622. The van der Waals surface area contributed by atoms with E-state index in [0.717, 1.165) is 34.8 Å². The molecule has 18 heavy (non-hydrogen) atoms. The van der Waals surface area contributed by atoms with Crippen LogP contribution in [0, 0.1) is 0 Å². The SMILES string of the molecule is O=Cc1cnc(-c2ccc3c(c2)OCCCO3)s1. The molecule has 2 aromatic rings. The molecule has 3 rings (SSSR count). The average molecular weight is 261 g/mol. The number of benzene rings is 1. The Labute approximate surface area is 108 Å². The number of thiazole rings is 1. The molecule has 0 N–H and O–H groups in total. The van der Waals surface area contributed by atoms with Gasteiger partial charge in [0.05, 0.1) is 18.1 Å². The molecule has 92 valence electrons. The Bertz CT molecular complexity index is 579. The molecule has 0 fully saturated rings. The summed E-state index contributed by atoms with van der Waals surface area (Å²) in [7, 11) is 0. The highest BCUT2D eigenvalue weighted by atomic mass is 32.1. The van der Waals surface area contributed by atoms with Gasteiger partial charge in [-0.05, 0) is 18.2 Å². The first kappa shape index (κ1) is 11.2. The summed E-state index contributed by atoms with van der Waals surface area (Å²) in [5, 5.41) is 0.813. The van der Waals surface area contributed by atoms with E-state index >= 15 is 0 Å². The number of aldehydes is 1. The molecular formula is C13H11NO3S. The molecule has 0 saturated carbocycles. The van der Waals surface area contributed by atoms with Crippen LogP contribution < -0.4 is 9.47 Å². The number of fused-ring (bicyclic) bond motifs is 1. The molecule has 0 spiro atoms. The number of nitrogens with zero attached hydrogens (tertiary/aromatic N) is 1. The maximum Gasteiger partial charge on any atom is 0.161 e. The topological polar surface area (TPSA) is 48.4 Å². The van der Waals surface area contributed by atoms with Crippen molar-refractivity contribution in [1.29, 1.82) is 0 Å². The highest BCUT2D eigenvalue weighted by Gasteiger charge is 2.12. The van der Waals surface area contributed by atoms with Crippen molar-refractivity contribution >= 4 is 17.6 Å². The molecule has 1 aromatic heterocycles. The van der Waals surface area contributed by atoms with Crippen molar-refractivity contribution in [3.8, 4) is 22.1 Å². The van der Waals surface area contributed by atoms with E-state index in [1.54, 1.807) is 6.20 Å². The summed E-state index contributed by atoms with van der Waals surface area (Å²) >= 11 is 1.37. The Morgan fingerprint density at radius 2 is 2.06 bits per heavy atom. The lowest BCUT2D eigenvalue weighted by Crippen LogP contribution is -1.97. The highest BCUT2D eigenvalue weighted by molar-refractivity contribution is 7.16. The Morgan fingerprint density at radius 3 is 2.83 bits per heavy atom. The van der Waals surface area contributed by atoms with Crippen LogP contribution >= 0.6 is 11.3 Å². The number of rotatable bonds is 2. The molecule has 0 saturated heterocycles. The first-order valence-electron chi connectivity index (χ1n) is 5.68. The fourth-order valence-electron chi connectivity index (χ4n) is 1.77. The van der Waals surface area contributed by atoms with Crippen molar-refractivity contribution in [2.75, 3.05) is 13.2 Å². The smallest absolute Gasteiger partial charge is 0.161 e. The van der Waals surface area contributed by atoms with E-state index in [1.807, 2.05) is 18.2 Å². The Morgan fingerprint density at radius 1 is 1.22 bits per heavy atom. The van der Waals surface area contributed by atoms with E-state index in [-0.39, 0.29) is 0 Å². The number of hydrogen-bond donors (Lipinski definition) is 0.